The molecule has 0 saturated carbocycles. The summed E-state index contributed by atoms with van der Waals surface area (Å²) in [6.45, 7) is 3.97. The van der Waals surface area contributed by atoms with E-state index in [1.165, 1.54) is 0 Å². The molecule has 1 fully saturated rings. The van der Waals surface area contributed by atoms with Crippen LogP contribution in [0.2, 0.25) is 0 Å². The summed E-state index contributed by atoms with van der Waals surface area (Å²) < 4.78 is 5.36. The molecule has 4 nitrogen and oxygen atoms in total. The van der Waals surface area contributed by atoms with E-state index in [1.54, 1.807) is 12.4 Å². The van der Waals surface area contributed by atoms with Crippen molar-refractivity contribution in [2.45, 2.75) is 18.9 Å². The van der Waals surface area contributed by atoms with Crippen molar-refractivity contribution in [3.63, 3.8) is 0 Å². The highest BCUT2D eigenvalue weighted by Crippen LogP contribution is 2.28. The van der Waals surface area contributed by atoms with Crippen LogP contribution in [-0.2, 0) is 5.60 Å². The van der Waals surface area contributed by atoms with Gasteiger partial charge in [-0.05, 0) is 26.0 Å². The van der Waals surface area contributed by atoms with Crippen LogP contribution in [0.4, 0.5) is 0 Å². The van der Waals surface area contributed by atoms with Crippen LogP contribution in [0.1, 0.15) is 18.9 Å². The lowest BCUT2D eigenvalue weighted by atomic mass is 9.95. The smallest absolute Gasteiger partial charge is 0.137 e. The van der Waals surface area contributed by atoms with Crippen LogP contribution in [0.15, 0.2) is 18.5 Å². The maximum Gasteiger partial charge on any atom is 0.137 e. The zero-order chi connectivity index (χ0) is 10.7. The molecule has 0 spiro atoms. The molecule has 2 heterocycles. The monoisotopic (exact) mass is 208 g/mol. The second-order valence-electron chi connectivity index (χ2n) is 3.80. The number of pyridine rings is 1. The van der Waals surface area contributed by atoms with Crippen LogP contribution < -0.4 is 10.1 Å². The standard InChI is InChI=1S/C11H16N2O2/c1-2-15-10-5-9(6-13-7-10)11(14)3-4-12-8-11/h5-7,12,14H,2-4,8H2,1H3. The number of hydrogen-bond donors (Lipinski definition) is 2. The third-order valence-corrected chi connectivity index (χ3v) is 2.69. The first kappa shape index (κ1) is 10.4. The Labute approximate surface area is 89.3 Å². The van der Waals surface area contributed by atoms with Gasteiger partial charge in [-0.1, -0.05) is 0 Å². The number of nitrogens with zero attached hydrogens (tertiary/aromatic N) is 1. The molecule has 0 amide bonds. The summed E-state index contributed by atoms with van der Waals surface area (Å²) in [5.41, 5.74) is 0.0542. The first-order chi connectivity index (χ1) is 7.24. The predicted octanol–water partition coefficient (Wildman–Crippen LogP) is 0.661. The minimum atomic E-state index is -0.778. The highest BCUT2D eigenvalue weighted by atomic mass is 16.5. The molecule has 0 radical (unpaired) electrons. The van der Waals surface area contributed by atoms with Crippen molar-refractivity contribution >= 4 is 0 Å². The molecule has 2 N–H and O–H groups in total. The van der Waals surface area contributed by atoms with E-state index < -0.39 is 5.60 Å². The molecule has 0 bridgehead atoms. The van der Waals surface area contributed by atoms with Gasteiger partial charge >= 0.3 is 0 Å². The van der Waals surface area contributed by atoms with Crippen molar-refractivity contribution < 1.29 is 9.84 Å². The molecule has 0 aliphatic carbocycles. The second-order valence-corrected chi connectivity index (χ2v) is 3.80. The van der Waals surface area contributed by atoms with Gasteiger partial charge in [0.05, 0.1) is 12.8 Å². The SMILES string of the molecule is CCOc1cncc(C2(O)CCNC2)c1. The molecule has 4 heteroatoms. The van der Waals surface area contributed by atoms with Crippen molar-refractivity contribution in [1.29, 1.82) is 0 Å². The van der Waals surface area contributed by atoms with Crippen molar-refractivity contribution in [3.05, 3.63) is 24.0 Å². The van der Waals surface area contributed by atoms with Gasteiger partial charge in [-0.3, -0.25) is 4.98 Å². The molecule has 1 saturated heterocycles. The second kappa shape index (κ2) is 4.16. The quantitative estimate of drug-likeness (QED) is 0.766. The number of rotatable bonds is 3. The molecule has 1 aliphatic rings. The van der Waals surface area contributed by atoms with E-state index in [0.717, 1.165) is 24.3 Å². The summed E-state index contributed by atoms with van der Waals surface area (Å²) in [6.07, 6.45) is 4.10. The number of aromatic nitrogens is 1. The van der Waals surface area contributed by atoms with Gasteiger partial charge in [0.15, 0.2) is 0 Å². The van der Waals surface area contributed by atoms with Crippen LogP contribution in [0.3, 0.4) is 0 Å². The number of nitrogens with one attached hydrogen (secondary N) is 1. The number of ether oxygens (including phenoxy) is 1. The molecule has 2 rings (SSSR count). The molecule has 1 aliphatic heterocycles. The summed E-state index contributed by atoms with van der Waals surface area (Å²) in [5.74, 6) is 0.718. The van der Waals surface area contributed by atoms with Crippen molar-refractivity contribution in [3.8, 4) is 5.75 Å². The Bertz CT molecular complexity index is 335. The minimum absolute atomic E-state index is 0.588. The van der Waals surface area contributed by atoms with Crippen LogP contribution in [-0.4, -0.2) is 29.8 Å². The van der Waals surface area contributed by atoms with E-state index in [-0.39, 0.29) is 0 Å². The van der Waals surface area contributed by atoms with Gasteiger partial charge in [0.25, 0.3) is 0 Å². The van der Waals surface area contributed by atoms with Gasteiger partial charge in [-0.25, -0.2) is 0 Å². The van der Waals surface area contributed by atoms with E-state index >= 15 is 0 Å². The highest BCUT2D eigenvalue weighted by Gasteiger charge is 2.33. The first-order valence-corrected chi connectivity index (χ1v) is 5.26. The lowest BCUT2D eigenvalue weighted by Gasteiger charge is -2.21. The fraction of sp³-hybridized carbons (Fsp3) is 0.545. The maximum atomic E-state index is 10.3. The molecule has 1 unspecified atom stereocenters. The van der Waals surface area contributed by atoms with Gasteiger partial charge in [-0.2, -0.15) is 0 Å². The van der Waals surface area contributed by atoms with E-state index in [4.69, 9.17) is 4.74 Å². The van der Waals surface area contributed by atoms with Gasteiger partial charge in [0, 0.05) is 18.3 Å². The van der Waals surface area contributed by atoms with Gasteiger partial charge in [0.1, 0.15) is 11.4 Å². The molecular weight excluding hydrogens is 192 g/mol. The fourth-order valence-corrected chi connectivity index (χ4v) is 1.84. The first-order valence-electron chi connectivity index (χ1n) is 5.26. The molecule has 1 atom stereocenters. The minimum Gasteiger partial charge on any atom is -0.492 e. The average Bonchev–Trinajstić information content (AvgIpc) is 2.68. The third kappa shape index (κ3) is 2.11. The van der Waals surface area contributed by atoms with Gasteiger partial charge in [-0.15, -0.1) is 0 Å². The molecular formula is C11H16N2O2. The van der Waals surface area contributed by atoms with Crippen molar-refractivity contribution in [1.82, 2.24) is 10.3 Å². The number of β-amino-alcohol motifs (C(OH)–C–C–N with tert-alkyl or cyclic N) is 1. The molecule has 82 valence electrons. The lowest BCUT2D eigenvalue weighted by Crippen LogP contribution is -2.28. The fourth-order valence-electron chi connectivity index (χ4n) is 1.84. The molecule has 1 aromatic rings. The molecule has 0 aromatic carbocycles. The zero-order valence-corrected chi connectivity index (χ0v) is 8.86. The normalized spacial score (nSPS) is 25.5. The van der Waals surface area contributed by atoms with E-state index in [0.29, 0.717) is 13.2 Å². The van der Waals surface area contributed by atoms with E-state index in [9.17, 15) is 5.11 Å². The number of hydrogen-bond acceptors (Lipinski definition) is 4. The van der Waals surface area contributed by atoms with Crippen LogP contribution >= 0.6 is 0 Å². The Balaban J connectivity index is 2.23. The van der Waals surface area contributed by atoms with E-state index in [1.807, 2.05) is 13.0 Å². The van der Waals surface area contributed by atoms with Crippen LogP contribution in [0, 0.1) is 0 Å². The highest BCUT2D eigenvalue weighted by molar-refractivity contribution is 5.29. The van der Waals surface area contributed by atoms with E-state index in [2.05, 4.69) is 10.3 Å². The topological polar surface area (TPSA) is 54.4 Å². The summed E-state index contributed by atoms with van der Waals surface area (Å²) >= 11 is 0. The Morgan fingerprint density at radius 1 is 1.60 bits per heavy atom. The Kier molecular flexibility index (Phi) is 2.88. The van der Waals surface area contributed by atoms with Crippen LogP contribution in [0.5, 0.6) is 5.75 Å². The number of aliphatic hydroxyl groups is 1. The van der Waals surface area contributed by atoms with Crippen molar-refractivity contribution in [2.24, 2.45) is 0 Å². The summed E-state index contributed by atoms with van der Waals surface area (Å²) in [4.78, 5) is 4.08. The molecule has 15 heavy (non-hydrogen) atoms. The Morgan fingerprint density at radius 3 is 3.13 bits per heavy atom. The largest absolute Gasteiger partial charge is 0.492 e. The van der Waals surface area contributed by atoms with Crippen molar-refractivity contribution in [2.75, 3.05) is 19.7 Å². The Hall–Kier alpha value is -1.13. The third-order valence-electron chi connectivity index (χ3n) is 2.69. The maximum absolute atomic E-state index is 10.3. The average molecular weight is 208 g/mol. The van der Waals surface area contributed by atoms with Gasteiger partial charge < -0.3 is 15.2 Å². The summed E-state index contributed by atoms with van der Waals surface area (Å²) in [5, 5.41) is 13.4. The zero-order valence-electron chi connectivity index (χ0n) is 8.86. The van der Waals surface area contributed by atoms with Crippen LogP contribution in [0.25, 0.3) is 0 Å². The predicted molar refractivity (Wildman–Crippen MR) is 56.8 cm³/mol. The molecule has 1 aromatic heterocycles. The lowest BCUT2D eigenvalue weighted by molar-refractivity contribution is 0.0581. The summed E-state index contributed by atoms with van der Waals surface area (Å²) in [6, 6.07) is 1.86. The summed E-state index contributed by atoms with van der Waals surface area (Å²) in [7, 11) is 0. The van der Waals surface area contributed by atoms with Gasteiger partial charge in [0.2, 0.25) is 0 Å². The Morgan fingerprint density at radius 2 is 2.47 bits per heavy atom.